The largest absolute Gasteiger partial charge is 0.496 e. The van der Waals surface area contributed by atoms with Gasteiger partial charge in [-0.25, -0.2) is 4.98 Å². The van der Waals surface area contributed by atoms with Crippen molar-refractivity contribution in [2.75, 3.05) is 12.4 Å². The van der Waals surface area contributed by atoms with E-state index in [0.717, 1.165) is 17.5 Å². The van der Waals surface area contributed by atoms with Crippen LogP contribution >= 0.6 is 23.8 Å². The molecule has 1 atom stereocenters. The van der Waals surface area contributed by atoms with Gasteiger partial charge in [0.2, 0.25) is 5.89 Å². The minimum Gasteiger partial charge on any atom is -0.496 e. The molecule has 4 aromatic rings. The van der Waals surface area contributed by atoms with E-state index in [0.29, 0.717) is 39.4 Å². The van der Waals surface area contributed by atoms with E-state index in [-0.39, 0.29) is 5.11 Å². The molecular formula is C26H24ClN3O3S. The van der Waals surface area contributed by atoms with E-state index in [1.165, 1.54) is 12.7 Å². The van der Waals surface area contributed by atoms with E-state index < -0.39 is 5.91 Å². The molecule has 0 aliphatic heterocycles. The fourth-order valence-corrected chi connectivity index (χ4v) is 3.89. The van der Waals surface area contributed by atoms with Crippen LogP contribution in [-0.2, 0) is 0 Å². The SMILES string of the molecule is CCC(C)c1ccc2oc(-c3ccc(Cl)c(NC(=S)NC(=O)c4ccccc4OC)c3)nc2c1. The smallest absolute Gasteiger partial charge is 0.261 e. The first-order valence-corrected chi connectivity index (χ1v) is 11.6. The zero-order valence-electron chi connectivity index (χ0n) is 19.0. The van der Waals surface area contributed by atoms with E-state index in [1.54, 1.807) is 36.4 Å². The topological polar surface area (TPSA) is 76.4 Å². The van der Waals surface area contributed by atoms with Gasteiger partial charge in [0, 0.05) is 5.56 Å². The molecule has 8 heteroatoms. The molecule has 0 fully saturated rings. The van der Waals surface area contributed by atoms with Crippen molar-refractivity contribution in [3.8, 4) is 17.2 Å². The summed E-state index contributed by atoms with van der Waals surface area (Å²) in [5.41, 5.74) is 4.36. The zero-order valence-corrected chi connectivity index (χ0v) is 20.6. The Balaban J connectivity index is 1.54. The predicted molar refractivity (Wildman–Crippen MR) is 140 cm³/mol. The molecule has 1 aromatic heterocycles. The molecule has 0 bridgehead atoms. The Morgan fingerprint density at radius 2 is 1.97 bits per heavy atom. The highest BCUT2D eigenvalue weighted by molar-refractivity contribution is 7.80. The van der Waals surface area contributed by atoms with E-state index in [9.17, 15) is 4.79 Å². The van der Waals surface area contributed by atoms with Crippen molar-refractivity contribution in [1.82, 2.24) is 10.3 Å². The first kappa shape index (κ1) is 23.7. The lowest BCUT2D eigenvalue weighted by Gasteiger charge is -2.13. The zero-order chi connectivity index (χ0) is 24.2. The Hall–Kier alpha value is -3.42. The Labute approximate surface area is 208 Å². The number of benzene rings is 3. The summed E-state index contributed by atoms with van der Waals surface area (Å²) >= 11 is 11.7. The van der Waals surface area contributed by atoms with Gasteiger partial charge in [-0.2, -0.15) is 0 Å². The van der Waals surface area contributed by atoms with Crippen molar-refractivity contribution < 1.29 is 13.9 Å². The van der Waals surface area contributed by atoms with Gasteiger partial charge < -0.3 is 14.5 Å². The summed E-state index contributed by atoms with van der Waals surface area (Å²) < 4.78 is 11.2. The number of carbonyl (C=O) groups is 1. The summed E-state index contributed by atoms with van der Waals surface area (Å²) in [5, 5.41) is 6.17. The second-order valence-electron chi connectivity index (χ2n) is 7.86. The number of nitrogens with zero attached hydrogens (tertiary/aromatic N) is 1. The third kappa shape index (κ3) is 5.05. The highest BCUT2D eigenvalue weighted by atomic mass is 35.5. The van der Waals surface area contributed by atoms with E-state index >= 15 is 0 Å². The lowest BCUT2D eigenvalue weighted by Crippen LogP contribution is -2.34. The standard InChI is InChI=1S/C26H24ClN3O3S/c1-4-15(2)16-10-12-23-21(13-16)28-25(33-23)17-9-11-19(27)20(14-17)29-26(34)30-24(31)18-7-5-6-8-22(18)32-3/h5-15H,4H2,1-3H3,(H2,29,30,31,34). The summed E-state index contributed by atoms with van der Waals surface area (Å²) in [5.74, 6) is 0.983. The molecule has 3 aromatic carbocycles. The van der Waals surface area contributed by atoms with E-state index in [1.807, 2.05) is 12.1 Å². The number of carbonyl (C=O) groups excluding carboxylic acids is 1. The van der Waals surface area contributed by atoms with Gasteiger partial charge >= 0.3 is 0 Å². The summed E-state index contributed by atoms with van der Waals surface area (Å²) in [6.45, 7) is 4.35. The fourth-order valence-electron chi connectivity index (χ4n) is 3.52. The minimum absolute atomic E-state index is 0.103. The maximum atomic E-state index is 12.6. The number of nitrogens with one attached hydrogen (secondary N) is 2. The lowest BCUT2D eigenvalue weighted by atomic mass is 9.98. The number of anilines is 1. The molecule has 1 unspecified atom stereocenters. The molecule has 0 aliphatic carbocycles. The number of fused-ring (bicyclic) bond motifs is 1. The molecule has 1 amide bonds. The second-order valence-corrected chi connectivity index (χ2v) is 8.67. The van der Waals surface area contributed by atoms with Gasteiger partial charge in [-0.05, 0) is 72.6 Å². The van der Waals surface area contributed by atoms with E-state index in [2.05, 4.69) is 41.6 Å². The summed E-state index contributed by atoms with van der Waals surface area (Å²) in [4.78, 5) is 17.3. The Kier molecular flexibility index (Phi) is 7.14. The van der Waals surface area contributed by atoms with Crippen LogP contribution in [0.4, 0.5) is 5.69 Å². The van der Waals surface area contributed by atoms with Crippen LogP contribution in [0, 0.1) is 0 Å². The molecule has 2 N–H and O–H groups in total. The van der Waals surface area contributed by atoms with Gasteiger partial charge in [-0.3, -0.25) is 10.1 Å². The highest BCUT2D eigenvalue weighted by Gasteiger charge is 2.16. The van der Waals surface area contributed by atoms with Crippen molar-refractivity contribution >= 4 is 51.6 Å². The number of para-hydroxylation sites is 1. The molecular weight excluding hydrogens is 470 g/mol. The first-order chi connectivity index (χ1) is 16.4. The first-order valence-electron chi connectivity index (χ1n) is 10.8. The Bertz CT molecular complexity index is 1370. The quantitative estimate of drug-likeness (QED) is 0.288. The minimum atomic E-state index is -0.390. The number of hydrogen-bond acceptors (Lipinski definition) is 5. The highest BCUT2D eigenvalue weighted by Crippen LogP contribution is 2.32. The molecule has 1 heterocycles. The summed E-state index contributed by atoms with van der Waals surface area (Å²) in [6, 6.07) is 18.3. The molecule has 0 saturated carbocycles. The number of amides is 1. The van der Waals surface area contributed by atoms with Crippen LogP contribution in [0.5, 0.6) is 5.75 Å². The number of thiocarbonyl (C=S) groups is 1. The lowest BCUT2D eigenvalue weighted by molar-refractivity contribution is 0.0975. The summed E-state index contributed by atoms with van der Waals surface area (Å²) in [6.07, 6.45) is 1.05. The molecule has 4 rings (SSSR count). The average Bonchev–Trinajstić information content (AvgIpc) is 3.28. The maximum absolute atomic E-state index is 12.6. The Morgan fingerprint density at radius 3 is 2.74 bits per heavy atom. The van der Waals surface area contributed by atoms with Crippen molar-refractivity contribution in [3.63, 3.8) is 0 Å². The molecule has 6 nitrogen and oxygen atoms in total. The molecule has 0 spiro atoms. The van der Waals surface area contributed by atoms with Crippen molar-refractivity contribution in [2.24, 2.45) is 0 Å². The van der Waals surface area contributed by atoms with Gasteiger partial charge in [0.25, 0.3) is 5.91 Å². The summed E-state index contributed by atoms with van der Waals surface area (Å²) in [7, 11) is 1.51. The number of halogens is 1. The number of ether oxygens (including phenoxy) is 1. The monoisotopic (exact) mass is 493 g/mol. The second kappa shape index (κ2) is 10.2. The van der Waals surface area contributed by atoms with Crippen LogP contribution in [0.25, 0.3) is 22.6 Å². The van der Waals surface area contributed by atoms with Gasteiger partial charge in [0.1, 0.15) is 11.3 Å². The van der Waals surface area contributed by atoms with E-state index in [4.69, 9.17) is 33.0 Å². The molecule has 174 valence electrons. The number of oxazole rings is 1. The number of hydrogen-bond donors (Lipinski definition) is 2. The third-order valence-corrected chi connectivity index (χ3v) is 6.17. The predicted octanol–water partition coefficient (Wildman–Crippen LogP) is 6.80. The van der Waals surface area contributed by atoms with Crippen LogP contribution < -0.4 is 15.4 Å². The Morgan fingerprint density at radius 1 is 1.18 bits per heavy atom. The number of rotatable bonds is 6. The maximum Gasteiger partial charge on any atom is 0.261 e. The van der Waals surface area contributed by atoms with Gasteiger partial charge in [-0.15, -0.1) is 0 Å². The molecule has 34 heavy (non-hydrogen) atoms. The van der Waals surface area contributed by atoms with Gasteiger partial charge in [0.05, 0.1) is 23.4 Å². The molecule has 0 aliphatic rings. The molecule has 0 saturated heterocycles. The van der Waals surface area contributed by atoms with Crippen LogP contribution in [0.3, 0.4) is 0 Å². The van der Waals surface area contributed by atoms with Crippen LogP contribution in [0.1, 0.15) is 42.1 Å². The van der Waals surface area contributed by atoms with Crippen molar-refractivity contribution in [3.05, 3.63) is 76.8 Å². The van der Waals surface area contributed by atoms with Crippen LogP contribution in [-0.4, -0.2) is 23.1 Å². The number of aromatic nitrogens is 1. The third-order valence-electron chi connectivity index (χ3n) is 5.63. The van der Waals surface area contributed by atoms with Crippen molar-refractivity contribution in [2.45, 2.75) is 26.2 Å². The van der Waals surface area contributed by atoms with Gasteiger partial charge in [-0.1, -0.05) is 43.6 Å². The fraction of sp³-hybridized carbons (Fsp3) is 0.192. The number of methoxy groups -OCH3 is 1. The average molecular weight is 494 g/mol. The van der Waals surface area contributed by atoms with Crippen LogP contribution in [0.15, 0.2) is 65.1 Å². The van der Waals surface area contributed by atoms with Gasteiger partial charge in [0.15, 0.2) is 10.7 Å². The normalized spacial score (nSPS) is 11.8. The molecule has 0 radical (unpaired) electrons. The van der Waals surface area contributed by atoms with Crippen molar-refractivity contribution in [1.29, 1.82) is 0 Å². The van der Waals surface area contributed by atoms with Crippen LogP contribution in [0.2, 0.25) is 5.02 Å².